The zero-order chi connectivity index (χ0) is 53.6. The fourth-order valence-corrected chi connectivity index (χ4v) is 23.8. The van der Waals surface area contributed by atoms with Gasteiger partial charge in [0.2, 0.25) is 0 Å². The van der Waals surface area contributed by atoms with Crippen LogP contribution in [0.15, 0.2) is 35.0 Å². The van der Waals surface area contributed by atoms with Crippen molar-refractivity contribution in [1.29, 1.82) is 0 Å². The van der Waals surface area contributed by atoms with Crippen molar-refractivity contribution in [1.82, 2.24) is 39.9 Å². The first-order chi connectivity index (χ1) is 36.9. The van der Waals surface area contributed by atoms with Crippen molar-refractivity contribution in [3.8, 4) is 55.6 Å². The van der Waals surface area contributed by atoms with E-state index in [-0.39, 0.29) is 0 Å². The highest BCUT2D eigenvalue weighted by atomic mass is 32.1. The molecular weight excluding hydrogens is 1070 g/mol. The Hall–Kier alpha value is -5.25. The summed E-state index contributed by atoms with van der Waals surface area (Å²) in [5.74, 6) is 15.1. The maximum Gasteiger partial charge on any atom is 0.143 e. The van der Waals surface area contributed by atoms with Crippen LogP contribution in [0, 0.1) is 45.9 Å². The molecule has 0 radical (unpaired) electrons. The minimum atomic E-state index is -1.88. The summed E-state index contributed by atoms with van der Waals surface area (Å²) in [6.07, 6.45) is 0. The summed E-state index contributed by atoms with van der Waals surface area (Å²) < 4.78 is 0. The smallest absolute Gasteiger partial charge is 0.143 e. The summed E-state index contributed by atoms with van der Waals surface area (Å²) in [6.45, 7) is 27.6. The van der Waals surface area contributed by atoms with Crippen LogP contribution in [0.4, 0.5) is 0 Å². The van der Waals surface area contributed by atoms with Gasteiger partial charge in [-0.2, -0.15) is 0 Å². The van der Waals surface area contributed by atoms with E-state index >= 15 is 0 Å². The number of hydrogen-bond acceptors (Lipinski definition) is 12. The average Bonchev–Trinajstić information content (AvgIpc) is 4.32. The van der Waals surface area contributed by atoms with Gasteiger partial charge in [0, 0.05) is 9.75 Å². The third-order valence-electron chi connectivity index (χ3n) is 17.4. The normalized spacial score (nSPS) is 12.4. The summed E-state index contributed by atoms with van der Waals surface area (Å²) in [5.41, 5.74) is 28.3. The second-order valence-electron chi connectivity index (χ2n) is 20.4. The third kappa shape index (κ3) is 9.45. The Labute approximate surface area is 467 Å². The molecule has 0 spiro atoms. The van der Waals surface area contributed by atoms with Gasteiger partial charge in [-0.05, 0) is 108 Å². The Kier molecular flexibility index (Phi) is 15.6. The van der Waals surface area contributed by atoms with Crippen LogP contribution in [0.5, 0.6) is 0 Å². The molecule has 0 aliphatic heterocycles. The van der Waals surface area contributed by atoms with Crippen molar-refractivity contribution >= 4 is 163 Å². The number of aromatic nitrogens is 8. The summed E-state index contributed by atoms with van der Waals surface area (Å²) in [4.78, 5) is 49.1. The molecule has 0 amide bonds. The topological polar surface area (TPSA) is 103 Å². The van der Waals surface area contributed by atoms with Crippen molar-refractivity contribution in [3.63, 3.8) is 0 Å². The lowest BCUT2D eigenvalue weighted by atomic mass is 10.0. The standard InChI is InChI=1S/C60H66N8S4Si4/c1-13-73(14-2,15-3)33-27-39-49-53(65-57-43(61-49)25-31-69-57)41(29-35-75(19-7,20-8)21-9)51-55(39)67-59-45(63-51)37-47(71-59)48-38-46-60(72-48)68-56-40(28-34-74(16-4,17-5)18-6)50-54(66-58-44(62-50)26-32-70-58)42(52(56)64-46)30-36-76(22-10,23-11)24-12/h25-26,31-32,37-38H,13-24H2,1-12H3. The van der Waals surface area contributed by atoms with Crippen LogP contribution < -0.4 is 0 Å². The highest BCUT2D eigenvalue weighted by Crippen LogP contribution is 2.42. The first kappa shape index (κ1) is 54.1. The number of fused-ring (bicyclic) bond motifs is 8. The second kappa shape index (κ2) is 21.9. The summed E-state index contributed by atoms with van der Waals surface area (Å²) >= 11 is 6.50. The Morgan fingerprint density at radius 3 is 0.816 bits per heavy atom. The molecule has 0 aliphatic carbocycles. The van der Waals surface area contributed by atoms with Crippen LogP contribution in [-0.4, -0.2) is 72.2 Å². The average molecular weight is 1140 g/mol. The van der Waals surface area contributed by atoms with Crippen LogP contribution in [0.25, 0.3) is 95.3 Å². The number of hydrogen-bond donors (Lipinski definition) is 0. The molecule has 16 heteroatoms. The van der Waals surface area contributed by atoms with Crippen LogP contribution in [-0.2, 0) is 0 Å². The van der Waals surface area contributed by atoms with Crippen molar-refractivity contribution in [2.45, 2.75) is 156 Å². The summed E-state index contributed by atoms with van der Waals surface area (Å²) in [5, 5.41) is 4.13. The molecule has 8 nitrogen and oxygen atoms in total. The molecule has 386 valence electrons. The highest BCUT2D eigenvalue weighted by Gasteiger charge is 2.30. The third-order valence-corrected chi connectivity index (χ3v) is 40.1. The molecule has 0 aliphatic rings. The monoisotopic (exact) mass is 1140 g/mol. The van der Waals surface area contributed by atoms with Gasteiger partial charge in [0.25, 0.3) is 0 Å². The van der Waals surface area contributed by atoms with Gasteiger partial charge < -0.3 is 0 Å². The van der Waals surface area contributed by atoms with E-state index in [1.165, 1.54) is 0 Å². The molecule has 0 N–H and O–H groups in total. The predicted molar refractivity (Wildman–Crippen MR) is 342 cm³/mol. The second-order valence-corrected chi connectivity index (χ2v) is 43.9. The molecule has 0 saturated heterocycles. The Bertz CT molecular complexity index is 3630. The van der Waals surface area contributed by atoms with Gasteiger partial charge in [0.15, 0.2) is 0 Å². The molecule has 10 rings (SSSR count). The number of nitrogens with zero attached hydrogens (tertiary/aromatic N) is 8. The molecule has 0 atom stereocenters. The Balaban J connectivity index is 1.25. The minimum Gasteiger partial charge on any atom is -0.242 e. The van der Waals surface area contributed by atoms with E-state index in [0.717, 1.165) is 190 Å². The minimum absolute atomic E-state index is 0.749. The molecule has 0 fully saturated rings. The number of thiophene rings is 4. The highest BCUT2D eigenvalue weighted by molar-refractivity contribution is 7.28. The molecule has 8 aromatic heterocycles. The lowest BCUT2D eigenvalue weighted by molar-refractivity contribution is 1.20. The van der Waals surface area contributed by atoms with E-state index < -0.39 is 32.3 Å². The predicted octanol–water partition coefficient (Wildman–Crippen LogP) is 17.6. The quantitative estimate of drug-likeness (QED) is 0.0639. The SMILES string of the molecule is CC[Si](C#Cc1c2nc3cc(-c4cc5nc6c(C#C[Si](CC)(CC)CC)c7nc8sccc8nc7c(C#C[Si](CC)(CC)CC)c6nc5s4)sc3nc2c(C#C[Si](CC)(CC)CC)c2nc3ccsc3nc12)(CC)CC. The first-order valence-corrected chi connectivity index (χ1v) is 41.5. The van der Waals surface area contributed by atoms with Gasteiger partial charge in [0.05, 0.1) is 22.3 Å². The Morgan fingerprint density at radius 2 is 0.553 bits per heavy atom. The van der Waals surface area contributed by atoms with E-state index in [0.29, 0.717) is 0 Å². The maximum atomic E-state index is 5.56. The van der Waals surface area contributed by atoms with E-state index in [4.69, 9.17) is 39.9 Å². The van der Waals surface area contributed by atoms with Gasteiger partial charge in [0.1, 0.15) is 118 Å². The molecule has 8 heterocycles. The van der Waals surface area contributed by atoms with Crippen molar-refractivity contribution in [2.24, 2.45) is 0 Å². The maximum absolute atomic E-state index is 5.56. The largest absolute Gasteiger partial charge is 0.242 e. The number of benzene rings is 2. The Morgan fingerprint density at radius 1 is 0.316 bits per heavy atom. The van der Waals surface area contributed by atoms with Gasteiger partial charge in [-0.1, -0.05) is 107 Å². The molecule has 2 aromatic carbocycles. The van der Waals surface area contributed by atoms with E-state index in [9.17, 15) is 0 Å². The van der Waals surface area contributed by atoms with Gasteiger partial charge in [-0.25, -0.2) is 39.9 Å². The summed E-state index contributed by atoms with van der Waals surface area (Å²) in [6, 6.07) is 21.6. The lowest BCUT2D eigenvalue weighted by Gasteiger charge is -2.20. The van der Waals surface area contributed by atoms with Crippen LogP contribution in [0.1, 0.15) is 105 Å². The lowest BCUT2D eigenvalue weighted by Crippen LogP contribution is -2.29. The zero-order valence-electron chi connectivity index (χ0n) is 46.2. The fourth-order valence-electron chi connectivity index (χ4n) is 10.7. The fraction of sp³-hybridized carbons (Fsp3) is 0.400. The van der Waals surface area contributed by atoms with Crippen molar-refractivity contribution in [3.05, 3.63) is 57.3 Å². The zero-order valence-corrected chi connectivity index (χ0v) is 53.4. The molecular formula is C60H66N8S4Si4. The van der Waals surface area contributed by atoms with E-state index in [2.05, 4.69) is 164 Å². The molecule has 76 heavy (non-hydrogen) atoms. The first-order valence-electron chi connectivity index (χ1n) is 27.7. The van der Waals surface area contributed by atoms with Crippen molar-refractivity contribution < 1.29 is 0 Å². The van der Waals surface area contributed by atoms with Crippen molar-refractivity contribution in [2.75, 3.05) is 0 Å². The molecule has 0 unspecified atom stereocenters. The molecule has 10 aromatic rings. The van der Waals surface area contributed by atoms with Crippen LogP contribution in [0.3, 0.4) is 0 Å². The van der Waals surface area contributed by atoms with E-state index in [1.807, 2.05) is 0 Å². The number of rotatable bonds is 13. The van der Waals surface area contributed by atoms with Crippen LogP contribution >= 0.6 is 45.3 Å². The molecule has 0 bridgehead atoms. The summed E-state index contributed by atoms with van der Waals surface area (Å²) in [7, 11) is -7.54. The van der Waals surface area contributed by atoms with Gasteiger partial charge in [-0.15, -0.1) is 67.5 Å². The van der Waals surface area contributed by atoms with E-state index in [1.54, 1.807) is 45.3 Å². The van der Waals surface area contributed by atoms with Gasteiger partial charge in [-0.3, -0.25) is 0 Å². The van der Waals surface area contributed by atoms with Crippen LogP contribution in [0.2, 0.25) is 72.5 Å². The van der Waals surface area contributed by atoms with Gasteiger partial charge >= 0.3 is 0 Å². The molecule has 0 saturated carbocycles.